The van der Waals surface area contributed by atoms with Crippen LogP contribution >= 0.6 is 12.2 Å². The second-order valence-corrected chi connectivity index (χ2v) is 5.19. The van der Waals surface area contributed by atoms with Crippen LogP contribution in [0.4, 0.5) is 11.5 Å². The molecule has 3 N–H and O–H groups in total. The van der Waals surface area contributed by atoms with E-state index >= 15 is 0 Å². The van der Waals surface area contributed by atoms with E-state index in [2.05, 4.69) is 15.3 Å². The van der Waals surface area contributed by atoms with E-state index in [0.29, 0.717) is 10.8 Å². The second kappa shape index (κ2) is 5.46. The van der Waals surface area contributed by atoms with Gasteiger partial charge in [0.05, 0.1) is 23.0 Å². The number of thiocarbonyl (C=S) groups is 1. The van der Waals surface area contributed by atoms with Crippen LogP contribution in [-0.2, 0) is 0 Å². The van der Waals surface area contributed by atoms with Crippen molar-refractivity contribution in [3.63, 3.8) is 0 Å². The van der Waals surface area contributed by atoms with Gasteiger partial charge >= 0.3 is 0 Å². The molecule has 0 bridgehead atoms. The second-order valence-electron chi connectivity index (χ2n) is 4.75. The number of nitrogens with one attached hydrogen (secondary N) is 1. The van der Waals surface area contributed by atoms with Gasteiger partial charge in [-0.1, -0.05) is 30.4 Å². The summed E-state index contributed by atoms with van der Waals surface area (Å²) in [5, 5.41) is 4.31. The highest BCUT2D eigenvalue weighted by Crippen LogP contribution is 2.22. The normalized spacial score (nSPS) is 10.5. The molecule has 2 heterocycles. The molecule has 0 aliphatic heterocycles. The Morgan fingerprint density at radius 2 is 2.00 bits per heavy atom. The Hall–Kier alpha value is -2.53. The van der Waals surface area contributed by atoms with E-state index in [1.54, 1.807) is 6.20 Å². The molecule has 3 rings (SSSR count). The third-order valence-corrected chi connectivity index (χ3v) is 3.37. The molecule has 4 nitrogen and oxygen atoms in total. The summed E-state index contributed by atoms with van der Waals surface area (Å²) >= 11 is 5.07. The summed E-state index contributed by atoms with van der Waals surface area (Å²) in [6.07, 6.45) is 1.77. The van der Waals surface area contributed by atoms with E-state index in [0.717, 1.165) is 27.8 Å². The monoisotopic (exact) mass is 294 g/mol. The van der Waals surface area contributed by atoms with Gasteiger partial charge in [0, 0.05) is 11.1 Å². The molecule has 104 valence electrons. The van der Waals surface area contributed by atoms with Gasteiger partial charge < -0.3 is 11.1 Å². The number of aromatic nitrogens is 2. The summed E-state index contributed by atoms with van der Waals surface area (Å²) < 4.78 is 0. The van der Waals surface area contributed by atoms with Crippen LogP contribution in [0.5, 0.6) is 0 Å². The summed E-state index contributed by atoms with van der Waals surface area (Å²) in [6.45, 7) is 1.92. The van der Waals surface area contributed by atoms with E-state index in [1.165, 1.54) is 0 Å². The molecule has 0 unspecified atom stereocenters. The molecule has 0 radical (unpaired) electrons. The van der Waals surface area contributed by atoms with Crippen molar-refractivity contribution in [2.24, 2.45) is 5.73 Å². The molecule has 0 amide bonds. The number of fused-ring (bicyclic) bond motifs is 1. The maximum Gasteiger partial charge on any atom is 0.140 e. The molecule has 21 heavy (non-hydrogen) atoms. The summed E-state index contributed by atoms with van der Waals surface area (Å²) in [4.78, 5) is 9.20. The van der Waals surface area contributed by atoms with Crippen LogP contribution < -0.4 is 11.1 Å². The Morgan fingerprint density at radius 3 is 2.81 bits per heavy atom. The van der Waals surface area contributed by atoms with Crippen LogP contribution in [0.3, 0.4) is 0 Å². The highest BCUT2D eigenvalue weighted by atomic mass is 32.1. The first-order valence-corrected chi connectivity index (χ1v) is 6.93. The van der Waals surface area contributed by atoms with Crippen molar-refractivity contribution in [1.82, 2.24) is 9.97 Å². The zero-order valence-corrected chi connectivity index (χ0v) is 12.3. The lowest BCUT2D eigenvalue weighted by atomic mass is 10.2. The number of hydrogen-bond donors (Lipinski definition) is 2. The highest BCUT2D eigenvalue weighted by molar-refractivity contribution is 7.80. The van der Waals surface area contributed by atoms with Crippen molar-refractivity contribution in [1.29, 1.82) is 0 Å². The van der Waals surface area contributed by atoms with Crippen LogP contribution in [0.25, 0.3) is 10.9 Å². The Bertz CT molecular complexity index is 829. The average Bonchev–Trinajstić information content (AvgIpc) is 2.47. The third kappa shape index (κ3) is 2.83. The van der Waals surface area contributed by atoms with E-state index in [-0.39, 0.29) is 0 Å². The quantitative estimate of drug-likeness (QED) is 0.726. The minimum atomic E-state index is 0.318. The van der Waals surface area contributed by atoms with Gasteiger partial charge in [-0.2, -0.15) is 0 Å². The molecule has 0 spiro atoms. The molecule has 5 heteroatoms. The maximum atomic E-state index is 5.74. The first-order valence-electron chi connectivity index (χ1n) is 6.53. The van der Waals surface area contributed by atoms with Gasteiger partial charge in [0.1, 0.15) is 10.8 Å². The lowest BCUT2D eigenvalue weighted by molar-refractivity contribution is 1.19. The lowest BCUT2D eigenvalue weighted by Crippen LogP contribution is -2.13. The Morgan fingerprint density at radius 1 is 1.19 bits per heavy atom. The Labute approximate surface area is 128 Å². The topological polar surface area (TPSA) is 63.8 Å². The van der Waals surface area contributed by atoms with E-state index in [4.69, 9.17) is 18.0 Å². The van der Waals surface area contributed by atoms with Crippen molar-refractivity contribution >= 4 is 39.6 Å². The van der Waals surface area contributed by atoms with Crippen molar-refractivity contribution in [3.8, 4) is 0 Å². The van der Waals surface area contributed by atoms with Crippen molar-refractivity contribution in [2.45, 2.75) is 6.92 Å². The number of benzene rings is 1. The number of rotatable bonds is 3. The van der Waals surface area contributed by atoms with Gasteiger partial charge in [0.15, 0.2) is 0 Å². The fraction of sp³-hybridized carbons (Fsp3) is 0.0625. The van der Waals surface area contributed by atoms with Crippen LogP contribution in [0.2, 0.25) is 0 Å². The van der Waals surface area contributed by atoms with Crippen molar-refractivity contribution < 1.29 is 0 Å². The van der Waals surface area contributed by atoms with Gasteiger partial charge in [0.25, 0.3) is 0 Å². The van der Waals surface area contributed by atoms with E-state index in [1.807, 2.05) is 49.4 Å². The molecule has 0 saturated heterocycles. The number of nitrogens with two attached hydrogens (primary N) is 1. The number of pyridine rings is 2. The molecule has 3 aromatic rings. The van der Waals surface area contributed by atoms with Crippen molar-refractivity contribution in [2.75, 3.05) is 5.32 Å². The largest absolute Gasteiger partial charge is 0.389 e. The lowest BCUT2D eigenvalue weighted by Gasteiger charge is -2.11. The molecule has 2 aromatic heterocycles. The molecular formula is C16H14N4S. The minimum Gasteiger partial charge on any atom is -0.389 e. The van der Waals surface area contributed by atoms with Crippen molar-refractivity contribution in [3.05, 3.63) is 59.9 Å². The maximum absolute atomic E-state index is 5.74. The summed E-state index contributed by atoms with van der Waals surface area (Å²) in [7, 11) is 0. The highest BCUT2D eigenvalue weighted by Gasteiger charge is 2.08. The minimum absolute atomic E-state index is 0.318. The zero-order chi connectivity index (χ0) is 14.8. The van der Waals surface area contributed by atoms with Crippen LogP contribution in [0, 0.1) is 6.92 Å². The molecule has 1 aromatic carbocycles. The van der Waals surface area contributed by atoms with Gasteiger partial charge in [-0.15, -0.1) is 0 Å². The Kier molecular flexibility index (Phi) is 3.50. The number of para-hydroxylation sites is 1. The number of anilines is 2. The predicted molar refractivity (Wildman–Crippen MR) is 89.9 cm³/mol. The number of hydrogen-bond acceptors (Lipinski definition) is 4. The standard InChI is InChI=1S/C16H14N4S/c1-10-6-7-13(15(17)21)16(19-10)20-12-8-11-4-2-3-5-14(11)18-9-12/h2-9H,1H3,(H2,17,21)(H,19,20). The van der Waals surface area contributed by atoms with Crippen LogP contribution in [-0.4, -0.2) is 15.0 Å². The number of nitrogens with zero attached hydrogens (tertiary/aromatic N) is 2. The van der Waals surface area contributed by atoms with E-state index in [9.17, 15) is 0 Å². The zero-order valence-electron chi connectivity index (χ0n) is 11.5. The summed E-state index contributed by atoms with van der Waals surface area (Å²) in [5.41, 5.74) is 9.17. The van der Waals surface area contributed by atoms with E-state index < -0.39 is 0 Å². The number of aryl methyl sites for hydroxylation is 1. The average molecular weight is 294 g/mol. The van der Waals surface area contributed by atoms with Gasteiger partial charge in [0.2, 0.25) is 0 Å². The first kappa shape index (κ1) is 13.5. The predicted octanol–water partition coefficient (Wildman–Crippen LogP) is 3.32. The Balaban J connectivity index is 2.02. The molecule has 0 saturated carbocycles. The molecule has 0 atom stereocenters. The molecule has 0 aliphatic carbocycles. The van der Waals surface area contributed by atoms with Crippen LogP contribution in [0.1, 0.15) is 11.3 Å². The summed E-state index contributed by atoms with van der Waals surface area (Å²) in [5.74, 6) is 0.652. The fourth-order valence-electron chi connectivity index (χ4n) is 2.13. The third-order valence-electron chi connectivity index (χ3n) is 3.15. The smallest absolute Gasteiger partial charge is 0.140 e. The fourth-order valence-corrected chi connectivity index (χ4v) is 2.29. The van der Waals surface area contributed by atoms with Crippen LogP contribution in [0.15, 0.2) is 48.7 Å². The summed E-state index contributed by atoms with van der Waals surface area (Å²) in [6, 6.07) is 13.7. The van der Waals surface area contributed by atoms with Gasteiger partial charge in [-0.25, -0.2) is 4.98 Å². The molecular weight excluding hydrogens is 280 g/mol. The van der Waals surface area contributed by atoms with Gasteiger partial charge in [-0.05, 0) is 31.2 Å². The van der Waals surface area contributed by atoms with Gasteiger partial charge in [-0.3, -0.25) is 4.98 Å². The molecule has 0 aliphatic rings. The first-order chi connectivity index (χ1) is 10.1. The molecule has 0 fully saturated rings. The SMILES string of the molecule is Cc1ccc(C(N)=S)c(Nc2cnc3ccccc3c2)n1.